The first kappa shape index (κ1) is 13.7. The van der Waals surface area contributed by atoms with Gasteiger partial charge in [0.1, 0.15) is 16.7 Å². The SMILES string of the molecule is O=C(O)CN1C(=O)C(=Cc2cccc(F)c2)SC1=S. The molecule has 0 bridgehead atoms. The minimum atomic E-state index is -1.14. The molecule has 1 amide bonds. The van der Waals surface area contributed by atoms with Crippen molar-refractivity contribution in [3.63, 3.8) is 0 Å². The molecule has 7 heteroatoms. The Bertz CT molecular complexity index is 600. The van der Waals surface area contributed by atoms with Crippen LogP contribution in [0.3, 0.4) is 0 Å². The van der Waals surface area contributed by atoms with Crippen molar-refractivity contribution >= 4 is 46.3 Å². The quantitative estimate of drug-likeness (QED) is 0.684. The molecular weight excluding hydrogens is 289 g/mol. The number of hydrogen-bond donors (Lipinski definition) is 1. The molecule has 1 N–H and O–H groups in total. The van der Waals surface area contributed by atoms with E-state index in [2.05, 4.69) is 0 Å². The van der Waals surface area contributed by atoms with Gasteiger partial charge < -0.3 is 5.11 Å². The molecule has 1 saturated heterocycles. The summed E-state index contributed by atoms with van der Waals surface area (Å²) >= 11 is 5.95. The zero-order valence-electron chi connectivity index (χ0n) is 9.50. The number of benzene rings is 1. The van der Waals surface area contributed by atoms with Crippen LogP contribution >= 0.6 is 24.0 Å². The molecule has 0 atom stereocenters. The number of halogens is 1. The first-order chi connectivity index (χ1) is 8.97. The Hall–Kier alpha value is -1.73. The van der Waals surface area contributed by atoms with Gasteiger partial charge in [-0.25, -0.2) is 4.39 Å². The third-order valence-electron chi connectivity index (χ3n) is 2.31. The van der Waals surface area contributed by atoms with Gasteiger partial charge in [0.25, 0.3) is 5.91 Å². The highest BCUT2D eigenvalue weighted by atomic mass is 32.2. The first-order valence-electron chi connectivity index (χ1n) is 5.20. The summed E-state index contributed by atoms with van der Waals surface area (Å²) < 4.78 is 13.2. The molecule has 0 unspecified atom stereocenters. The molecule has 19 heavy (non-hydrogen) atoms. The molecule has 0 aromatic heterocycles. The number of carboxylic acid groups (broad SMARTS) is 1. The van der Waals surface area contributed by atoms with Crippen molar-refractivity contribution in [2.75, 3.05) is 6.54 Å². The molecule has 0 aliphatic carbocycles. The van der Waals surface area contributed by atoms with E-state index >= 15 is 0 Å². The van der Waals surface area contributed by atoms with E-state index in [9.17, 15) is 14.0 Å². The summed E-state index contributed by atoms with van der Waals surface area (Å²) in [5, 5.41) is 8.69. The Kier molecular flexibility index (Phi) is 3.96. The second-order valence-corrected chi connectivity index (χ2v) is 5.39. The summed E-state index contributed by atoms with van der Waals surface area (Å²) in [5.41, 5.74) is 0.524. The fourth-order valence-electron chi connectivity index (χ4n) is 1.52. The molecule has 0 spiro atoms. The average Bonchev–Trinajstić information content (AvgIpc) is 2.57. The summed E-state index contributed by atoms with van der Waals surface area (Å²) in [5.74, 6) is -2.01. The van der Waals surface area contributed by atoms with Gasteiger partial charge in [0.15, 0.2) is 0 Å². The second-order valence-electron chi connectivity index (χ2n) is 3.72. The molecule has 1 aliphatic heterocycles. The molecule has 1 aromatic carbocycles. The monoisotopic (exact) mass is 297 g/mol. The number of carbonyl (C=O) groups excluding carboxylic acids is 1. The van der Waals surface area contributed by atoms with E-state index in [1.54, 1.807) is 6.07 Å². The van der Waals surface area contributed by atoms with Crippen molar-refractivity contribution in [3.8, 4) is 0 Å². The molecule has 1 aliphatic rings. The number of carboxylic acids is 1. The van der Waals surface area contributed by atoms with Crippen LogP contribution in [0.2, 0.25) is 0 Å². The topological polar surface area (TPSA) is 57.6 Å². The van der Waals surface area contributed by atoms with Crippen molar-refractivity contribution in [3.05, 3.63) is 40.6 Å². The van der Waals surface area contributed by atoms with Crippen LogP contribution in [0, 0.1) is 5.82 Å². The van der Waals surface area contributed by atoms with Gasteiger partial charge in [0.05, 0.1) is 4.91 Å². The third-order valence-corrected chi connectivity index (χ3v) is 3.69. The minimum Gasteiger partial charge on any atom is -0.480 e. The van der Waals surface area contributed by atoms with Crippen molar-refractivity contribution in [2.45, 2.75) is 0 Å². The average molecular weight is 297 g/mol. The highest BCUT2D eigenvalue weighted by Crippen LogP contribution is 2.32. The number of thiocarbonyl (C=S) groups is 1. The van der Waals surface area contributed by atoms with Crippen molar-refractivity contribution < 1.29 is 19.1 Å². The fourth-order valence-corrected chi connectivity index (χ4v) is 2.77. The number of rotatable bonds is 3. The number of carbonyl (C=O) groups is 2. The van der Waals surface area contributed by atoms with E-state index in [1.807, 2.05) is 0 Å². The minimum absolute atomic E-state index is 0.190. The highest BCUT2D eigenvalue weighted by Gasteiger charge is 2.33. The summed E-state index contributed by atoms with van der Waals surface area (Å²) in [6.07, 6.45) is 1.49. The molecule has 1 heterocycles. The van der Waals surface area contributed by atoms with Crippen molar-refractivity contribution in [2.24, 2.45) is 0 Å². The fraction of sp³-hybridized carbons (Fsp3) is 0.0833. The van der Waals surface area contributed by atoms with Crippen LogP contribution in [0.4, 0.5) is 4.39 Å². The lowest BCUT2D eigenvalue weighted by Crippen LogP contribution is -2.33. The third kappa shape index (κ3) is 3.18. The lowest BCUT2D eigenvalue weighted by Gasteiger charge is -2.10. The number of thioether (sulfide) groups is 1. The molecular formula is C12H8FNO3S2. The van der Waals surface area contributed by atoms with Crippen molar-refractivity contribution in [1.82, 2.24) is 4.90 Å². The Labute approximate surface area is 117 Å². The highest BCUT2D eigenvalue weighted by molar-refractivity contribution is 8.26. The van der Waals surface area contributed by atoms with E-state index < -0.39 is 24.2 Å². The van der Waals surface area contributed by atoms with Crippen LogP contribution in [0.15, 0.2) is 29.2 Å². The molecule has 4 nitrogen and oxygen atoms in total. The number of hydrogen-bond acceptors (Lipinski definition) is 4. The summed E-state index contributed by atoms with van der Waals surface area (Å²) in [6, 6.07) is 5.75. The Balaban J connectivity index is 2.25. The van der Waals surface area contributed by atoms with Gasteiger partial charge in [-0.15, -0.1) is 0 Å². The predicted octanol–water partition coefficient (Wildman–Crippen LogP) is 2.11. The Morgan fingerprint density at radius 1 is 1.53 bits per heavy atom. The summed E-state index contributed by atoms with van der Waals surface area (Å²) in [7, 11) is 0. The van der Waals surface area contributed by atoms with Crippen LogP contribution in [-0.4, -0.2) is 32.7 Å². The van der Waals surface area contributed by atoms with Crippen LogP contribution in [-0.2, 0) is 9.59 Å². The van der Waals surface area contributed by atoms with Crippen LogP contribution in [0.1, 0.15) is 5.56 Å². The van der Waals surface area contributed by atoms with E-state index in [4.69, 9.17) is 17.3 Å². The van der Waals surface area contributed by atoms with Gasteiger partial charge in [-0.05, 0) is 23.8 Å². The molecule has 2 rings (SSSR count). The lowest BCUT2D eigenvalue weighted by molar-refractivity contribution is -0.140. The molecule has 98 valence electrons. The molecule has 0 radical (unpaired) electrons. The van der Waals surface area contributed by atoms with Gasteiger partial charge in [-0.3, -0.25) is 14.5 Å². The maximum absolute atomic E-state index is 13.0. The molecule has 0 saturated carbocycles. The standard InChI is InChI=1S/C12H8FNO3S2/c13-8-3-1-2-7(4-8)5-9-11(17)14(6-10(15)16)12(18)19-9/h1-5H,6H2,(H,15,16). The molecule has 1 aromatic rings. The van der Waals surface area contributed by atoms with Crippen LogP contribution < -0.4 is 0 Å². The Morgan fingerprint density at radius 3 is 2.89 bits per heavy atom. The zero-order chi connectivity index (χ0) is 14.0. The molecule has 1 fully saturated rings. The van der Waals surface area contributed by atoms with Gasteiger partial charge >= 0.3 is 5.97 Å². The first-order valence-corrected chi connectivity index (χ1v) is 6.42. The van der Waals surface area contributed by atoms with Gasteiger partial charge in [-0.1, -0.05) is 36.1 Å². The maximum Gasteiger partial charge on any atom is 0.323 e. The van der Waals surface area contributed by atoms with E-state index in [1.165, 1.54) is 24.3 Å². The van der Waals surface area contributed by atoms with Crippen molar-refractivity contribution in [1.29, 1.82) is 0 Å². The number of nitrogens with zero attached hydrogens (tertiary/aromatic N) is 1. The Morgan fingerprint density at radius 2 is 2.26 bits per heavy atom. The zero-order valence-corrected chi connectivity index (χ0v) is 11.1. The normalized spacial score (nSPS) is 17.3. The second kappa shape index (κ2) is 5.50. The van der Waals surface area contributed by atoms with Crippen LogP contribution in [0.25, 0.3) is 6.08 Å². The smallest absolute Gasteiger partial charge is 0.323 e. The maximum atomic E-state index is 13.0. The predicted molar refractivity (Wildman–Crippen MR) is 73.9 cm³/mol. The van der Waals surface area contributed by atoms with E-state index in [0.29, 0.717) is 5.56 Å². The van der Waals surface area contributed by atoms with E-state index in [0.717, 1.165) is 16.7 Å². The van der Waals surface area contributed by atoms with Gasteiger partial charge in [0, 0.05) is 0 Å². The lowest BCUT2D eigenvalue weighted by atomic mass is 10.2. The van der Waals surface area contributed by atoms with Gasteiger partial charge in [-0.2, -0.15) is 0 Å². The number of aliphatic carboxylic acids is 1. The largest absolute Gasteiger partial charge is 0.480 e. The van der Waals surface area contributed by atoms with Gasteiger partial charge in [0.2, 0.25) is 0 Å². The summed E-state index contributed by atoms with van der Waals surface area (Å²) in [4.78, 5) is 23.9. The van der Waals surface area contributed by atoms with E-state index in [-0.39, 0.29) is 9.23 Å². The number of amides is 1. The van der Waals surface area contributed by atoms with Crippen LogP contribution in [0.5, 0.6) is 0 Å². The summed E-state index contributed by atoms with van der Waals surface area (Å²) in [6.45, 7) is -0.467.